The van der Waals surface area contributed by atoms with Crippen molar-refractivity contribution >= 4 is 23.3 Å². The second kappa shape index (κ2) is 15.6. The lowest BCUT2D eigenvalue weighted by molar-refractivity contribution is 0.0768. The molecule has 3 aromatic rings. The maximum atomic E-state index is 12.9. The van der Waals surface area contributed by atoms with E-state index in [-0.39, 0.29) is 18.0 Å². The van der Waals surface area contributed by atoms with Crippen molar-refractivity contribution in [2.75, 3.05) is 30.3 Å². The maximum Gasteiger partial charge on any atom is 0.319 e. The van der Waals surface area contributed by atoms with Crippen molar-refractivity contribution in [3.8, 4) is 17.2 Å². The first-order valence-corrected chi connectivity index (χ1v) is 16.2. The molecule has 1 aliphatic carbocycles. The van der Waals surface area contributed by atoms with Crippen LogP contribution in [0, 0.1) is 6.92 Å². The minimum atomic E-state index is -0.210. The number of carbonyl (C=O) groups is 2. The Labute approximate surface area is 261 Å². The summed E-state index contributed by atoms with van der Waals surface area (Å²) >= 11 is 0. The Bertz CT molecular complexity index is 1360. The number of hydrogen-bond acceptors (Lipinski definition) is 5. The van der Waals surface area contributed by atoms with Gasteiger partial charge in [-0.2, -0.15) is 0 Å². The predicted octanol–water partition coefficient (Wildman–Crippen LogP) is 8.14. The number of nitrogens with one attached hydrogen (secondary N) is 3. The van der Waals surface area contributed by atoms with Crippen molar-refractivity contribution in [2.45, 2.75) is 83.8 Å². The summed E-state index contributed by atoms with van der Waals surface area (Å²) in [4.78, 5) is 27.6. The summed E-state index contributed by atoms with van der Waals surface area (Å²) < 4.78 is 12.3. The predicted molar refractivity (Wildman–Crippen MR) is 176 cm³/mol. The normalized spacial score (nSPS) is 16.0. The number of amides is 3. The highest BCUT2D eigenvalue weighted by atomic mass is 16.5. The molecule has 0 radical (unpaired) electrons. The molecule has 1 saturated carbocycles. The van der Waals surface area contributed by atoms with Crippen molar-refractivity contribution in [3.05, 3.63) is 77.9 Å². The largest absolute Gasteiger partial charge is 0.490 e. The Morgan fingerprint density at radius 1 is 0.818 bits per heavy atom. The first-order valence-electron chi connectivity index (χ1n) is 16.2. The average Bonchev–Trinajstić information content (AvgIpc) is 3.58. The Balaban J connectivity index is 1.07. The van der Waals surface area contributed by atoms with Crippen LogP contribution in [0.15, 0.2) is 66.7 Å². The monoisotopic (exact) mass is 598 g/mol. The minimum absolute atomic E-state index is 0.174. The molecule has 2 aliphatic rings. The minimum Gasteiger partial charge on any atom is -0.490 e. The summed E-state index contributed by atoms with van der Waals surface area (Å²) in [5.41, 5.74) is 2.85. The van der Waals surface area contributed by atoms with Gasteiger partial charge in [-0.15, -0.1) is 0 Å². The highest BCUT2D eigenvalue weighted by Crippen LogP contribution is 2.30. The van der Waals surface area contributed by atoms with Crippen LogP contribution >= 0.6 is 0 Å². The van der Waals surface area contributed by atoms with Gasteiger partial charge in [-0.3, -0.25) is 4.79 Å². The number of anilines is 2. The van der Waals surface area contributed by atoms with Gasteiger partial charge in [-0.05, 0) is 111 Å². The first-order chi connectivity index (χ1) is 21.5. The first kappa shape index (κ1) is 31.4. The zero-order valence-corrected chi connectivity index (χ0v) is 26.1. The van der Waals surface area contributed by atoms with Crippen LogP contribution in [-0.2, 0) is 0 Å². The molecule has 44 heavy (non-hydrogen) atoms. The summed E-state index contributed by atoms with van der Waals surface area (Å²) in [5.74, 6) is 1.98. The second-order valence-electron chi connectivity index (χ2n) is 12.0. The van der Waals surface area contributed by atoms with E-state index in [4.69, 9.17) is 9.47 Å². The van der Waals surface area contributed by atoms with Crippen molar-refractivity contribution in [3.63, 3.8) is 0 Å². The molecule has 3 N–H and O–H groups in total. The van der Waals surface area contributed by atoms with E-state index in [0.29, 0.717) is 35.0 Å². The van der Waals surface area contributed by atoms with Gasteiger partial charge in [0, 0.05) is 42.6 Å². The molecule has 0 aromatic heterocycles. The molecule has 2 fully saturated rings. The lowest BCUT2D eigenvalue weighted by atomic mass is 10.0. The molecule has 1 saturated heterocycles. The maximum absolute atomic E-state index is 12.9. The summed E-state index contributed by atoms with van der Waals surface area (Å²) in [5, 5.41) is 8.68. The molecular formula is C36H46N4O4. The number of likely N-dealkylation sites (tertiary alicyclic amines) is 1. The fourth-order valence-electron chi connectivity index (χ4n) is 6.04. The number of piperidine rings is 1. The topological polar surface area (TPSA) is 91.9 Å². The van der Waals surface area contributed by atoms with E-state index in [2.05, 4.69) is 27.8 Å². The molecule has 5 rings (SSSR count). The third kappa shape index (κ3) is 8.99. The van der Waals surface area contributed by atoms with Gasteiger partial charge < -0.3 is 30.3 Å². The Hall–Kier alpha value is -4.04. The second-order valence-corrected chi connectivity index (χ2v) is 12.0. The molecule has 234 valence electrons. The lowest BCUT2D eigenvalue weighted by Gasteiger charge is -2.36. The molecule has 1 heterocycles. The van der Waals surface area contributed by atoms with Crippen LogP contribution in [0.4, 0.5) is 16.2 Å². The molecule has 0 spiro atoms. The van der Waals surface area contributed by atoms with Gasteiger partial charge in [-0.25, -0.2) is 4.79 Å². The number of ether oxygens (including phenoxy) is 2. The van der Waals surface area contributed by atoms with Gasteiger partial charge in [0.05, 0.1) is 0 Å². The molecule has 0 atom stereocenters. The third-order valence-electron chi connectivity index (χ3n) is 8.58. The Kier molecular flexibility index (Phi) is 11.1. The molecule has 0 unspecified atom stereocenters. The van der Waals surface area contributed by atoms with E-state index in [1.54, 1.807) is 12.1 Å². The third-order valence-corrected chi connectivity index (χ3v) is 8.58. The van der Waals surface area contributed by atoms with Crippen molar-refractivity contribution < 1.29 is 19.1 Å². The van der Waals surface area contributed by atoms with Crippen LogP contribution in [0.1, 0.15) is 80.6 Å². The highest BCUT2D eigenvalue weighted by Gasteiger charge is 2.27. The number of hydrogen-bond donors (Lipinski definition) is 3. The standard InChI is InChI=1S/C36H46N4O4/c1-3-4-7-22-37-36(42)39-28-12-17-32(18-13-28)44-34-19-14-29(25-26(34)2)38-35(41)27-10-15-31(16-11-27)43-33-20-23-40(24-21-33)30-8-5-6-9-30/h10-19,25,30,33H,3-9,20-24H2,1-2H3,(H,38,41)(H2,37,39,42). The average molecular weight is 599 g/mol. The van der Waals surface area contributed by atoms with E-state index in [1.165, 1.54) is 25.7 Å². The van der Waals surface area contributed by atoms with Gasteiger partial charge in [0.15, 0.2) is 0 Å². The van der Waals surface area contributed by atoms with E-state index in [0.717, 1.165) is 62.5 Å². The summed E-state index contributed by atoms with van der Waals surface area (Å²) in [7, 11) is 0. The van der Waals surface area contributed by atoms with Crippen molar-refractivity contribution in [2.24, 2.45) is 0 Å². The smallest absolute Gasteiger partial charge is 0.319 e. The number of urea groups is 1. The fraction of sp³-hybridized carbons (Fsp3) is 0.444. The van der Waals surface area contributed by atoms with Crippen LogP contribution in [0.2, 0.25) is 0 Å². The van der Waals surface area contributed by atoms with Crippen LogP contribution in [0.25, 0.3) is 0 Å². The molecule has 8 nitrogen and oxygen atoms in total. The van der Waals surface area contributed by atoms with Gasteiger partial charge in [0.25, 0.3) is 5.91 Å². The number of rotatable bonds is 12. The number of carbonyl (C=O) groups excluding carboxylic acids is 2. The zero-order valence-electron chi connectivity index (χ0n) is 26.1. The Morgan fingerprint density at radius 2 is 1.50 bits per heavy atom. The summed E-state index contributed by atoms with van der Waals surface area (Å²) in [6.45, 7) is 6.96. The lowest BCUT2D eigenvalue weighted by Crippen LogP contribution is -2.43. The van der Waals surface area contributed by atoms with E-state index < -0.39 is 0 Å². The van der Waals surface area contributed by atoms with E-state index in [1.807, 2.05) is 61.5 Å². The molecule has 3 amide bonds. The molecule has 3 aromatic carbocycles. The van der Waals surface area contributed by atoms with Crippen LogP contribution in [-0.4, -0.2) is 48.6 Å². The highest BCUT2D eigenvalue weighted by molar-refractivity contribution is 6.04. The van der Waals surface area contributed by atoms with Crippen LogP contribution < -0.4 is 25.4 Å². The number of aryl methyl sites for hydroxylation is 1. The van der Waals surface area contributed by atoms with Gasteiger partial charge in [0.1, 0.15) is 23.4 Å². The van der Waals surface area contributed by atoms with Gasteiger partial charge in [0.2, 0.25) is 0 Å². The van der Waals surface area contributed by atoms with Crippen LogP contribution in [0.3, 0.4) is 0 Å². The molecular weight excluding hydrogens is 552 g/mol. The molecule has 1 aliphatic heterocycles. The Morgan fingerprint density at radius 3 is 2.18 bits per heavy atom. The zero-order chi connectivity index (χ0) is 30.7. The van der Waals surface area contributed by atoms with Gasteiger partial charge >= 0.3 is 6.03 Å². The van der Waals surface area contributed by atoms with Gasteiger partial charge in [-0.1, -0.05) is 32.6 Å². The van der Waals surface area contributed by atoms with Crippen molar-refractivity contribution in [1.82, 2.24) is 10.2 Å². The van der Waals surface area contributed by atoms with Crippen LogP contribution in [0.5, 0.6) is 17.2 Å². The SMILES string of the molecule is CCCCCNC(=O)Nc1ccc(Oc2ccc(NC(=O)c3ccc(OC4CCN(C5CCCC5)CC4)cc3)cc2C)cc1. The van der Waals surface area contributed by atoms with Crippen molar-refractivity contribution in [1.29, 1.82) is 0 Å². The fourth-order valence-corrected chi connectivity index (χ4v) is 6.04. The molecule has 0 bridgehead atoms. The summed E-state index contributed by atoms with van der Waals surface area (Å²) in [6, 6.07) is 20.8. The molecule has 8 heteroatoms. The quantitative estimate of drug-likeness (QED) is 0.183. The van der Waals surface area contributed by atoms with E-state index in [9.17, 15) is 9.59 Å². The summed E-state index contributed by atoms with van der Waals surface area (Å²) in [6.07, 6.45) is 11.0. The number of unbranched alkanes of at least 4 members (excludes halogenated alkanes) is 2. The number of benzene rings is 3. The van der Waals surface area contributed by atoms with E-state index >= 15 is 0 Å². The number of nitrogens with zero attached hydrogens (tertiary/aromatic N) is 1.